The van der Waals surface area contributed by atoms with Crippen LogP contribution >= 0.6 is 0 Å². The number of benzene rings is 2. The molecule has 0 aromatic heterocycles. The van der Waals surface area contributed by atoms with Gasteiger partial charge in [0.05, 0.1) is 0 Å². The molecule has 2 aromatic carbocycles. The van der Waals surface area contributed by atoms with Crippen molar-refractivity contribution in [3.05, 3.63) is 57.6 Å². The zero-order valence-corrected chi connectivity index (χ0v) is 22.6. The Kier molecular flexibility index (Phi) is 7.52. The second kappa shape index (κ2) is 9.00. The number of hydrogen-bond acceptors (Lipinski definition) is 4. The van der Waals surface area contributed by atoms with Crippen LogP contribution in [0.5, 0.6) is 0 Å². The van der Waals surface area contributed by atoms with Gasteiger partial charge in [0, 0.05) is 0 Å². The molecule has 0 spiro atoms. The molecule has 25 heavy (non-hydrogen) atoms. The molecule has 2 unspecified atom stereocenters. The van der Waals surface area contributed by atoms with Gasteiger partial charge in [-0.15, -0.1) is 0 Å². The van der Waals surface area contributed by atoms with Crippen molar-refractivity contribution in [1.29, 1.82) is 0 Å². The fraction of sp³-hybridized carbons (Fsp3) is 0.333. The van der Waals surface area contributed by atoms with Crippen molar-refractivity contribution in [2.45, 2.75) is 51.3 Å². The van der Waals surface area contributed by atoms with Crippen molar-refractivity contribution in [2.75, 3.05) is 0 Å². The maximum absolute atomic E-state index is 12.5. The Morgan fingerprint density at radius 2 is 0.920 bits per heavy atom. The predicted octanol–water partition coefficient (Wildman–Crippen LogP) is 4.23. The van der Waals surface area contributed by atoms with E-state index in [1.807, 2.05) is 65.8 Å². The molecule has 0 fully saturated rings. The van der Waals surface area contributed by atoms with Gasteiger partial charge in [-0.05, 0) is 0 Å². The number of aryl methyl sites for hydroxylation is 6. The van der Waals surface area contributed by atoms with E-state index in [2.05, 4.69) is 0 Å². The van der Waals surface area contributed by atoms with Gasteiger partial charge in [0.15, 0.2) is 0 Å². The Labute approximate surface area is 168 Å². The van der Waals surface area contributed by atoms with E-state index in [9.17, 15) is 8.42 Å². The van der Waals surface area contributed by atoms with Crippen LogP contribution in [0.2, 0.25) is 0 Å². The van der Waals surface area contributed by atoms with Gasteiger partial charge < -0.3 is 0 Å². The molecule has 2 atom stereocenters. The van der Waals surface area contributed by atoms with Crippen LogP contribution in [-0.2, 0) is 51.8 Å². The molecule has 0 N–H and O–H groups in total. The fourth-order valence-electron chi connectivity index (χ4n) is 3.08. The first-order valence-corrected chi connectivity index (χ1v) is 14.6. The molecule has 0 heterocycles. The summed E-state index contributed by atoms with van der Waals surface area (Å²) in [5.74, 6) is 0. The first kappa shape index (κ1) is 20.9. The maximum atomic E-state index is 12.5. The average molecular weight is 567 g/mol. The normalized spacial score (nSPS) is 13.4. The Balaban J connectivity index is 2.04. The van der Waals surface area contributed by atoms with Crippen LogP contribution in [0.15, 0.2) is 34.1 Å². The topological polar surface area (TPSA) is 52.6 Å². The number of rotatable bonds is 6. The van der Waals surface area contributed by atoms with Crippen LogP contribution in [0.25, 0.3) is 0 Å². The van der Waals surface area contributed by atoms with Crippen LogP contribution in [0.1, 0.15) is 33.4 Å². The van der Waals surface area contributed by atoms with Crippen LogP contribution in [0.4, 0.5) is 0 Å². The van der Waals surface area contributed by atoms with E-state index in [0.29, 0.717) is 9.79 Å². The summed E-state index contributed by atoms with van der Waals surface area (Å²) in [6.07, 6.45) is 0. The summed E-state index contributed by atoms with van der Waals surface area (Å²) >= 11 is -5.59. The predicted molar refractivity (Wildman–Crippen MR) is 96.3 cm³/mol. The molecule has 0 bridgehead atoms. The Morgan fingerprint density at radius 1 is 0.640 bits per heavy atom. The summed E-state index contributed by atoms with van der Waals surface area (Å²) in [6.45, 7) is 11.7. The molecule has 2 aromatic rings. The van der Waals surface area contributed by atoms with Crippen molar-refractivity contribution >= 4 is 22.2 Å². The summed E-state index contributed by atoms with van der Waals surface area (Å²) in [5, 5.41) is 0. The van der Waals surface area contributed by atoms with Gasteiger partial charge in [0.25, 0.3) is 0 Å². The van der Waals surface area contributed by atoms with E-state index in [1.54, 1.807) is 0 Å². The SMILES string of the molecule is Cc1cc(C)c(S(=O)[O][Hg][O]S(=O)c2c(C)cc(C)cc2C)c(C)c1. The van der Waals surface area contributed by atoms with Gasteiger partial charge in [0.1, 0.15) is 0 Å². The summed E-state index contributed by atoms with van der Waals surface area (Å²) < 4.78 is 35.9. The van der Waals surface area contributed by atoms with Crippen LogP contribution < -0.4 is 0 Å². The monoisotopic (exact) mass is 568 g/mol. The molecule has 4 nitrogen and oxygen atoms in total. The molecule has 0 saturated heterocycles. The molecule has 7 heteroatoms. The average Bonchev–Trinajstić information content (AvgIpc) is 2.44. The third-order valence-electron chi connectivity index (χ3n) is 3.85. The first-order valence-electron chi connectivity index (χ1n) is 7.96. The molecule has 0 aliphatic rings. The van der Waals surface area contributed by atoms with E-state index in [4.69, 9.17) is 4.18 Å². The summed E-state index contributed by atoms with van der Waals surface area (Å²) in [4.78, 5) is 1.39. The summed E-state index contributed by atoms with van der Waals surface area (Å²) in [7, 11) is 0. The van der Waals surface area contributed by atoms with Crippen LogP contribution in [-0.4, -0.2) is 8.42 Å². The summed E-state index contributed by atoms with van der Waals surface area (Å²) in [5.41, 5.74) is 6.02. The molecule has 0 saturated carbocycles. The molecular weight excluding hydrogens is 545 g/mol. The van der Waals surface area contributed by atoms with Gasteiger partial charge in [-0.2, -0.15) is 0 Å². The van der Waals surface area contributed by atoms with Crippen molar-refractivity contribution in [3.8, 4) is 0 Å². The second-order valence-corrected chi connectivity index (χ2v) is 14.9. The second-order valence-electron chi connectivity index (χ2n) is 6.28. The Morgan fingerprint density at radius 3 is 1.20 bits per heavy atom. The van der Waals surface area contributed by atoms with Crippen molar-refractivity contribution < 1.29 is 38.1 Å². The van der Waals surface area contributed by atoms with Crippen molar-refractivity contribution in [2.24, 2.45) is 0 Å². The molecule has 2 rings (SSSR count). The minimum absolute atomic E-state index is 0.697. The van der Waals surface area contributed by atoms with E-state index >= 15 is 0 Å². The van der Waals surface area contributed by atoms with Gasteiger partial charge in [-0.1, -0.05) is 0 Å². The van der Waals surface area contributed by atoms with Gasteiger partial charge >= 0.3 is 169 Å². The van der Waals surface area contributed by atoms with Gasteiger partial charge in [-0.3, -0.25) is 0 Å². The molecule has 0 amide bonds. The standard InChI is InChI=1S/2C9H12O2S.Hg/c2*1-6-4-7(2)9(12(10)11)8(3)5-6;/h2*4-5H,1-3H3,(H,10,11);/q;;+2/p-2. The molecule has 0 aliphatic heterocycles. The fourth-order valence-corrected chi connectivity index (χ4v) is 11.1. The van der Waals surface area contributed by atoms with E-state index in [0.717, 1.165) is 33.4 Å². The van der Waals surface area contributed by atoms with E-state index in [-0.39, 0.29) is 0 Å². The molecule has 0 aliphatic carbocycles. The van der Waals surface area contributed by atoms with Gasteiger partial charge in [-0.25, -0.2) is 0 Å². The van der Waals surface area contributed by atoms with Crippen LogP contribution in [0, 0.1) is 41.5 Å². The van der Waals surface area contributed by atoms with E-state index in [1.165, 1.54) is 0 Å². The third kappa shape index (κ3) is 5.29. The van der Waals surface area contributed by atoms with E-state index < -0.39 is 47.6 Å². The third-order valence-corrected chi connectivity index (χ3v) is 13.7. The van der Waals surface area contributed by atoms with Gasteiger partial charge in [0.2, 0.25) is 0 Å². The summed E-state index contributed by atoms with van der Waals surface area (Å²) in [6, 6.07) is 7.94. The Bertz CT molecular complexity index is 733. The molecule has 0 radical (unpaired) electrons. The minimum atomic E-state index is -2.46. The zero-order valence-electron chi connectivity index (χ0n) is 15.5. The Hall–Kier alpha value is -0.405. The molecular formula is C18H22HgO4S2. The zero-order chi connectivity index (χ0) is 18.7. The van der Waals surface area contributed by atoms with Crippen LogP contribution in [0.3, 0.4) is 0 Å². The number of hydrogen-bond donors (Lipinski definition) is 0. The van der Waals surface area contributed by atoms with Crippen molar-refractivity contribution in [3.63, 3.8) is 0 Å². The first-order chi connectivity index (χ1) is 11.7. The van der Waals surface area contributed by atoms with Crippen molar-refractivity contribution in [1.82, 2.24) is 0 Å². The quantitative estimate of drug-likeness (QED) is 0.491. The molecule has 132 valence electrons.